The zero-order valence-corrected chi connectivity index (χ0v) is 9.02. The largest absolute Gasteiger partial charge is 0.464 e. The molecule has 0 amide bonds. The number of para-hydroxylation sites is 1. The fourth-order valence-electron chi connectivity index (χ4n) is 1.70. The number of hydrogen-bond donors (Lipinski definition) is 1. The molecule has 16 heavy (non-hydrogen) atoms. The van der Waals surface area contributed by atoms with Crippen molar-refractivity contribution in [2.45, 2.75) is 18.9 Å². The lowest BCUT2D eigenvalue weighted by Crippen LogP contribution is -2.19. The summed E-state index contributed by atoms with van der Waals surface area (Å²) in [4.78, 5) is 11.1. The van der Waals surface area contributed by atoms with Gasteiger partial charge in [0.15, 0.2) is 6.10 Å². The number of nitrogen functional groups attached to an aromatic ring is 1. The van der Waals surface area contributed by atoms with Gasteiger partial charge in [0.25, 0.3) is 0 Å². The van der Waals surface area contributed by atoms with Gasteiger partial charge in [-0.15, -0.1) is 0 Å². The number of anilines is 1. The van der Waals surface area contributed by atoms with Gasteiger partial charge < -0.3 is 15.2 Å². The second-order valence-electron chi connectivity index (χ2n) is 3.76. The minimum atomic E-state index is -0.384. The lowest BCUT2D eigenvalue weighted by atomic mass is 10.1. The molecule has 4 nitrogen and oxygen atoms in total. The van der Waals surface area contributed by atoms with Crippen LogP contribution in [0.2, 0.25) is 0 Å². The van der Waals surface area contributed by atoms with Gasteiger partial charge in [0.05, 0.1) is 13.2 Å². The molecule has 0 saturated carbocycles. The summed E-state index contributed by atoms with van der Waals surface area (Å²) in [6.45, 7) is 0.963. The number of nitrogens with two attached hydrogens (primary N) is 1. The molecule has 1 aliphatic heterocycles. The molecule has 0 bridgehead atoms. The first-order chi connectivity index (χ1) is 7.77. The SMILES string of the molecule is Nc1ccccc1CCOC1CCOC1=O. The number of rotatable bonds is 4. The Balaban J connectivity index is 1.80. The Morgan fingerprint density at radius 3 is 2.94 bits per heavy atom. The van der Waals surface area contributed by atoms with Crippen molar-refractivity contribution in [1.82, 2.24) is 0 Å². The second-order valence-corrected chi connectivity index (χ2v) is 3.76. The molecule has 86 valence electrons. The monoisotopic (exact) mass is 221 g/mol. The molecule has 1 aromatic carbocycles. The minimum absolute atomic E-state index is 0.249. The predicted octanol–water partition coefficient (Wildman–Crippen LogP) is 1.14. The van der Waals surface area contributed by atoms with Crippen LogP contribution < -0.4 is 5.73 Å². The topological polar surface area (TPSA) is 61.6 Å². The quantitative estimate of drug-likeness (QED) is 0.612. The van der Waals surface area contributed by atoms with E-state index in [0.717, 1.165) is 17.7 Å². The van der Waals surface area contributed by atoms with Crippen molar-refractivity contribution < 1.29 is 14.3 Å². The van der Waals surface area contributed by atoms with Crippen molar-refractivity contribution in [3.8, 4) is 0 Å². The molecule has 1 heterocycles. The van der Waals surface area contributed by atoms with Gasteiger partial charge in [0, 0.05) is 12.1 Å². The average Bonchev–Trinajstić information content (AvgIpc) is 2.67. The first kappa shape index (κ1) is 11.0. The summed E-state index contributed by atoms with van der Waals surface area (Å²) < 4.78 is 10.2. The van der Waals surface area contributed by atoms with Crippen molar-refractivity contribution in [2.75, 3.05) is 18.9 Å². The molecule has 1 atom stereocenters. The van der Waals surface area contributed by atoms with Crippen LogP contribution in [-0.4, -0.2) is 25.3 Å². The molecular formula is C12H15NO3. The van der Waals surface area contributed by atoms with Crippen LogP contribution in [0.1, 0.15) is 12.0 Å². The van der Waals surface area contributed by atoms with E-state index in [4.69, 9.17) is 15.2 Å². The van der Waals surface area contributed by atoms with Crippen LogP contribution in [0.25, 0.3) is 0 Å². The third-order valence-electron chi connectivity index (χ3n) is 2.63. The fourth-order valence-corrected chi connectivity index (χ4v) is 1.70. The van der Waals surface area contributed by atoms with Gasteiger partial charge in [-0.2, -0.15) is 0 Å². The molecule has 0 spiro atoms. The molecule has 2 N–H and O–H groups in total. The highest BCUT2D eigenvalue weighted by molar-refractivity contribution is 5.76. The Hall–Kier alpha value is -1.55. The van der Waals surface area contributed by atoms with E-state index >= 15 is 0 Å². The molecule has 0 radical (unpaired) electrons. The van der Waals surface area contributed by atoms with E-state index in [2.05, 4.69) is 0 Å². The number of carbonyl (C=O) groups excluding carboxylic acids is 1. The van der Waals surface area contributed by atoms with Crippen molar-refractivity contribution in [1.29, 1.82) is 0 Å². The summed E-state index contributed by atoms with van der Waals surface area (Å²) in [5.41, 5.74) is 7.61. The van der Waals surface area contributed by atoms with Gasteiger partial charge in [0.1, 0.15) is 0 Å². The number of cyclic esters (lactones) is 1. The Kier molecular flexibility index (Phi) is 3.41. The van der Waals surface area contributed by atoms with E-state index in [1.165, 1.54) is 0 Å². The van der Waals surface area contributed by atoms with Gasteiger partial charge >= 0.3 is 5.97 Å². The van der Waals surface area contributed by atoms with E-state index in [1.54, 1.807) is 0 Å². The third-order valence-corrected chi connectivity index (χ3v) is 2.63. The maximum absolute atomic E-state index is 11.1. The van der Waals surface area contributed by atoms with Crippen LogP contribution in [0.15, 0.2) is 24.3 Å². The highest BCUT2D eigenvalue weighted by atomic mass is 16.6. The van der Waals surface area contributed by atoms with E-state index in [-0.39, 0.29) is 12.1 Å². The van der Waals surface area contributed by atoms with Crippen LogP contribution >= 0.6 is 0 Å². The highest BCUT2D eigenvalue weighted by Crippen LogP contribution is 2.14. The summed E-state index contributed by atoms with van der Waals surface area (Å²) in [6.07, 6.45) is 0.990. The second kappa shape index (κ2) is 4.99. The van der Waals surface area contributed by atoms with E-state index < -0.39 is 0 Å². The highest BCUT2D eigenvalue weighted by Gasteiger charge is 2.26. The summed E-state index contributed by atoms with van der Waals surface area (Å²) in [5.74, 6) is -0.249. The van der Waals surface area contributed by atoms with Crippen LogP contribution in [0.4, 0.5) is 5.69 Å². The first-order valence-corrected chi connectivity index (χ1v) is 5.39. The third kappa shape index (κ3) is 2.52. The lowest BCUT2D eigenvalue weighted by Gasteiger charge is -2.09. The normalized spacial score (nSPS) is 19.8. The van der Waals surface area contributed by atoms with E-state index in [1.807, 2.05) is 24.3 Å². The summed E-state index contributed by atoms with van der Waals surface area (Å²) >= 11 is 0. The smallest absolute Gasteiger partial charge is 0.335 e. The van der Waals surface area contributed by atoms with Crippen molar-refractivity contribution in [3.05, 3.63) is 29.8 Å². The molecule has 1 aromatic rings. The van der Waals surface area contributed by atoms with Crippen molar-refractivity contribution >= 4 is 11.7 Å². The molecule has 2 rings (SSSR count). The van der Waals surface area contributed by atoms with Gasteiger partial charge in [-0.1, -0.05) is 18.2 Å². The molecule has 1 aliphatic rings. The van der Waals surface area contributed by atoms with Crippen LogP contribution in [-0.2, 0) is 20.7 Å². The number of esters is 1. The number of ether oxygens (including phenoxy) is 2. The molecule has 0 aliphatic carbocycles. The van der Waals surface area contributed by atoms with Gasteiger partial charge in [-0.05, 0) is 18.1 Å². The first-order valence-electron chi connectivity index (χ1n) is 5.39. The summed E-state index contributed by atoms with van der Waals surface area (Å²) in [6, 6.07) is 7.66. The van der Waals surface area contributed by atoms with Crippen molar-refractivity contribution in [3.63, 3.8) is 0 Å². The summed E-state index contributed by atoms with van der Waals surface area (Å²) in [7, 11) is 0. The van der Waals surface area contributed by atoms with Crippen molar-refractivity contribution in [2.24, 2.45) is 0 Å². The average molecular weight is 221 g/mol. The fraction of sp³-hybridized carbons (Fsp3) is 0.417. The summed E-state index contributed by atoms with van der Waals surface area (Å²) in [5, 5.41) is 0. The zero-order chi connectivity index (χ0) is 11.4. The van der Waals surface area contributed by atoms with Gasteiger partial charge in [0.2, 0.25) is 0 Å². The maximum atomic E-state index is 11.1. The Bertz CT molecular complexity index is 378. The Morgan fingerprint density at radius 2 is 2.25 bits per heavy atom. The van der Waals surface area contributed by atoms with Crippen LogP contribution in [0, 0.1) is 0 Å². The number of benzene rings is 1. The van der Waals surface area contributed by atoms with Gasteiger partial charge in [-0.25, -0.2) is 4.79 Å². The van der Waals surface area contributed by atoms with Gasteiger partial charge in [-0.3, -0.25) is 0 Å². The lowest BCUT2D eigenvalue weighted by molar-refractivity contribution is -0.147. The van der Waals surface area contributed by atoms with Crippen LogP contribution in [0.3, 0.4) is 0 Å². The molecular weight excluding hydrogens is 206 g/mol. The van der Waals surface area contributed by atoms with Crippen LogP contribution in [0.5, 0.6) is 0 Å². The number of hydrogen-bond acceptors (Lipinski definition) is 4. The molecule has 0 aromatic heterocycles. The Labute approximate surface area is 94.3 Å². The molecule has 4 heteroatoms. The zero-order valence-electron chi connectivity index (χ0n) is 9.02. The molecule has 1 fully saturated rings. The molecule has 1 unspecified atom stereocenters. The van der Waals surface area contributed by atoms with E-state index in [0.29, 0.717) is 19.6 Å². The maximum Gasteiger partial charge on any atom is 0.335 e. The minimum Gasteiger partial charge on any atom is -0.464 e. The van der Waals surface area contributed by atoms with E-state index in [9.17, 15) is 4.79 Å². The number of carbonyl (C=O) groups is 1. The Morgan fingerprint density at radius 1 is 1.44 bits per heavy atom. The predicted molar refractivity (Wildman–Crippen MR) is 59.9 cm³/mol. The molecule has 1 saturated heterocycles. The standard InChI is InChI=1S/C12H15NO3/c13-10-4-2-1-3-9(10)5-7-15-11-6-8-16-12(11)14/h1-4,11H,5-8,13H2.